The van der Waals surface area contributed by atoms with Crippen LogP contribution in [0.25, 0.3) is 6.08 Å². The maximum atomic E-state index is 12.8. The number of hydrogen-bond donors (Lipinski definition) is 1. The number of Topliss-reactive ketones (excluding diaryl/α,β-unsaturated/α-hetero) is 1. The second-order valence-electron chi connectivity index (χ2n) is 5.48. The Morgan fingerprint density at radius 3 is 1.68 bits per heavy atom. The number of amides is 1. The van der Waals surface area contributed by atoms with Gasteiger partial charge in [0.15, 0.2) is 0 Å². The molecule has 0 heterocycles. The molecule has 0 aliphatic heterocycles. The summed E-state index contributed by atoms with van der Waals surface area (Å²) in [7, 11) is 0. The molecule has 0 unspecified atom stereocenters. The Labute approximate surface area is 146 Å². The molecule has 0 bridgehead atoms. The average molecular weight is 327 g/mol. The van der Waals surface area contributed by atoms with Crippen molar-refractivity contribution in [1.82, 2.24) is 5.32 Å². The zero-order valence-corrected chi connectivity index (χ0v) is 13.6. The minimum absolute atomic E-state index is 0.228. The number of carbonyl (C=O) groups excluding carboxylic acids is 2. The Bertz CT molecular complexity index is 885. The highest BCUT2D eigenvalue weighted by Gasteiger charge is 2.16. The second kappa shape index (κ2) is 7.88. The molecular weight excluding hydrogens is 310 g/mol. The van der Waals surface area contributed by atoms with Gasteiger partial charge in [-0.1, -0.05) is 78.9 Å². The number of benzene rings is 3. The van der Waals surface area contributed by atoms with Crippen molar-refractivity contribution in [2.45, 2.75) is 0 Å². The monoisotopic (exact) mass is 327 g/mol. The normalized spacial score (nSPS) is 11.0. The molecule has 3 aromatic rings. The predicted octanol–water partition coefficient (Wildman–Crippen LogP) is 4.34. The van der Waals surface area contributed by atoms with Gasteiger partial charge in [-0.25, -0.2) is 0 Å². The number of nitrogens with one attached hydrogen (secondary N) is 1. The molecule has 1 amide bonds. The first-order chi connectivity index (χ1) is 12.2. The van der Waals surface area contributed by atoms with Crippen LogP contribution in [0.5, 0.6) is 0 Å². The lowest BCUT2D eigenvalue weighted by atomic mass is 10.1. The van der Waals surface area contributed by atoms with Crippen molar-refractivity contribution < 1.29 is 9.59 Å². The van der Waals surface area contributed by atoms with Crippen molar-refractivity contribution in [3.63, 3.8) is 0 Å². The highest BCUT2D eigenvalue weighted by molar-refractivity contribution is 6.14. The number of hydrogen-bond acceptors (Lipinski definition) is 2. The van der Waals surface area contributed by atoms with Crippen LogP contribution < -0.4 is 5.32 Å². The minimum Gasteiger partial charge on any atom is -0.319 e. The van der Waals surface area contributed by atoms with Crippen LogP contribution >= 0.6 is 0 Å². The van der Waals surface area contributed by atoms with Gasteiger partial charge in [0, 0.05) is 11.1 Å². The summed E-state index contributed by atoms with van der Waals surface area (Å²) in [5.41, 5.74) is 2.11. The van der Waals surface area contributed by atoms with E-state index in [1.807, 2.05) is 42.5 Å². The SMILES string of the molecule is O=C(N/C(=C\c1ccccc1)C(=O)c1ccccc1)c1ccccc1. The molecule has 0 fully saturated rings. The number of allylic oxidation sites excluding steroid dienone is 1. The third kappa shape index (κ3) is 4.30. The van der Waals surface area contributed by atoms with Gasteiger partial charge in [-0.15, -0.1) is 0 Å². The van der Waals surface area contributed by atoms with Gasteiger partial charge in [0.05, 0.1) is 5.70 Å². The molecule has 0 atom stereocenters. The van der Waals surface area contributed by atoms with Crippen molar-refractivity contribution in [2.24, 2.45) is 0 Å². The highest BCUT2D eigenvalue weighted by atomic mass is 16.2. The highest BCUT2D eigenvalue weighted by Crippen LogP contribution is 2.12. The van der Waals surface area contributed by atoms with E-state index in [0.717, 1.165) is 5.56 Å². The van der Waals surface area contributed by atoms with Crippen molar-refractivity contribution >= 4 is 17.8 Å². The first kappa shape index (κ1) is 16.4. The zero-order valence-electron chi connectivity index (χ0n) is 13.6. The first-order valence-corrected chi connectivity index (χ1v) is 7.97. The van der Waals surface area contributed by atoms with E-state index in [4.69, 9.17) is 0 Å². The summed E-state index contributed by atoms with van der Waals surface area (Å²) in [4.78, 5) is 25.3. The second-order valence-corrected chi connectivity index (χ2v) is 5.48. The van der Waals surface area contributed by atoms with Gasteiger partial charge >= 0.3 is 0 Å². The fourth-order valence-electron chi connectivity index (χ4n) is 2.40. The zero-order chi connectivity index (χ0) is 17.5. The fraction of sp³-hybridized carbons (Fsp3) is 0. The Morgan fingerprint density at radius 2 is 1.12 bits per heavy atom. The molecule has 25 heavy (non-hydrogen) atoms. The number of rotatable bonds is 5. The molecule has 0 saturated heterocycles. The van der Waals surface area contributed by atoms with E-state index in [1.165, 1.54) is 0 Å². The summed E-state index contributed by atoms with van der Waals surface area (Å²) in [6.45, 7) is 0. The Hall–Kier alpha value is -3.46. The van der Waals surface area contributed by atoms with Crippen molar-refractivity contribution in [3.8, 4) is 0 Å². The van der Waals surface area contributed by atoms with E-state index in [-0.39, 0.29) is 17.4 Å². The lowest BCUT2D eigenvalue weighted by molar-refractivity contribution is 0.0934. The van der Waals surface area contributed by atoms with Crippen LogP contribution in [-0.2, 0) is 0 Å². The van der Waals surface area contributed by atoms with Crippen LogP contribution in [0.1, 0.15) is 26.3 Å². The molecule has 3 rings (SSSR count). The lowest BCUT2D eigenvalue weighted by Crippen LogP contribution is -2.27. The molecule has 3 nitrogen and oxygen atoms in total. The maximum absolute atomic E-state index is 12.8. The smallest absolute Gasteiger partial charge is 0.255 e. The van der Waals surface area contributed by atoms with Crippen molar-refractivity contribution in [2.75, 3.05) is 0 Å². The largest absolute Gasteiger partial charge is 0.319 e. The molecule has 0 aliphatic carbocycles. The number of ketones is 1. The van der Waals surface area contributed by atoms with Gasteiger partial charge in [0.25, 0.3) is 5.91 Å². The van der Waals surface area contributed by atoms with Crippen LogP contribution in [0.2, 0.25) is 0 Å². The molecule has 1 N–H and O–H groups in total. The number of carbonyl (C=O) groups is 2. The van der Waals surface area contributed by atoms with Gasteiger partial charge in [-0.2, -0.15) is 0 Å². The van der Waals surface area contributed by atoms with E-state index in [2.05, 4.69) is 5.32 Å². The molecule has 0 aromatic heterocycles. The fourth-order valence-corrected chi connectivity index (χ4v) is 2.40. The third-order valence-electron chi connectivity index (χ3n) is 3.68. The van der Waals surface area contributed by atoms with Gasteiger partial charge in [-0.3, -0.25) is 9.59 Å². The van der Waals surface area contributed by atoms with Crippen LogP contribution in [0, 0.1) is 0 Å². The van der Waals surface area contributed by atoms with Crippen molar-refractivity contribution in [1.29, 1.82) is 0 Å². The molecule has 122 valence electrons. The van der Waals surface area contributed by atoms with E-state index in [0.29, 0.717) is 11.1 Å². The topological polar surface area (TPSA) is 46.2 Å². The standard InChI is InChI=1S/C22H17NO2/c24-21(18-12-6-2-7-13-18)20(16-17-10-4-1-5-11-17)23-22(25)19-14-8-3-9-15-19/h1-16H,(H,23,25)/b20-16-. The summed E-state index contributed by atoms with van der Waals surface area (Å²) >= 11 is 0. The summed E-state index contributed by atoms with van der Waals surface area (Å²) in [6, 6.07) is 27.2. The van der Waals surface area contributed by atoms with Gasteiger partial charge < -0.3 is 5.32 Å². The molecule has 0 spiro atoms. The third-order valence-corrected chi connectivity index (χ3v) is 3.68. The summed E-state index contributed by atoms with van der Waals surface area (Å²) < 4.78 is 0. The quantitative estimate of drug-likeness (QED) is 0.560. The average Bonchev–Trinajstić information content (AvgIpc) is 2.69. The molecule has 3 heteroatoms. The van der Waals surface area contributed by atoms with Crippen LogP contribution in [0.3, 0.4) is 0 Å². The molecule has 0 radical (unpaired) electrons. The van der Waals surface area contributed by atoms with Crippen LogP contribution in [0.4, 0.5) is 0 Å². The Morgan fingerprint density at radius 1 is 0.640 bits per heavy atom. The van der Waals surface area contributed by atoms with Crippen LogP contribution in [-0.4, -0.2) is 11.7 Å². The molecule has 3 aromatic carbocycles. The molecule has 0 aliphatic rings. The summed E-state index contributed by atoms with van der Waals surface area (Å²) in [5.74, 6) is -0.541. The van der Waals surface area contributed by atoms with E-state index in [9.17, 15) is 9.59 Å². The summed E-state index contributed by atoms with van der Waals surface area (Å²) in [6.07, 6.45) is 1.69. The molecule has 0 saturated carbocycles. The Kier molecular flexibility index (Phi) is 5.17. The Balaban J connectivity index is 1.93. The summed E-state index contributed by atoms with van der Waals surface area (Å²) in [5, 5.41) is 2.75. The lowest BCUT2D eigenvalue weighted by Gasteiger charge is -2.10. The van der Waals surface area contributed by atoms with E-state index in [1.54, 1.807) is 54.6 Å². The first-order valence-electron chi connectivity index (χ1n) is 7.97. The van der Waals surface area contributed by atoms with Gasteiger partial charge in [0.2, 0.25) is 5.78 Å². The van der Waals surface area contributed by atoms with Gasteiger partial charge in [0.1, 0.15) is 0 Å². The maximum Gasteiger partial charge on any atom is 0.255 e. The van der Waals surface area contributed by atoms with Crippen molar-refractivity contribution in [3.05, 3.63) is 113 Å². The van der Waals surface area contributed by atoms with E-state index < -0.39 is 0 Å². The minimum atomic E-state index is -0.313. The predicted molar refractivity (Wildman–Crippen MR) is 99.1 cm³/mol. The van der Waals surface area contributed by atoms with E-state index >= 15 is 0 Å². The molecular formula is C22H17NO2. The van der Waals surface area contributed by atoms with Gasteiger partial charge in [-0.05, 0) is 23.8 Å². The van der Waals surface area contributed by atoms with Crippen LogP contribution in [0.15, 0.2) is 96.7 Å².